The predicted molar refractivity (Wildman–Crippen MR) is 60.4 cm³/mol. The summed E-state index contributed by atoms with van der Waals surface area (Å²) in [4.78, 5) is 11.0. The monoisotopic (exact) mass is 283 g/mol. The molecule has 0 bridgehead atoms. The number of halogens is 1. The second-order valence-corrected chi connectivity index (χ2v) is 4.00. The lowest BCUT2D eigenvalue weighted by Gasteiger charge is -2.11. The van der Waals surface area contributed by atoms with Gasteiger partial charge in [0.2, 0.25) is 0 Å². The highest BCUT2D eigenvalue weighted by Gasteiger charge is 2.16. The first-order valence-electron chi connectivity index (χ1n) is 4.53. The van der Waals surface area contributed by atoms with Gasteiger partial charge >= 0.3 is 5.97 Å². The topological polar surface area (TPSA) is 70.3 Å². The molecule has 1 aromatic rings. The van der Waals surface area contributed by atoms with Crippen molar-refractivity contribution in [2.75, 3.05) is 7.11 Å². The highest BCUT2D eigenvalue weighted by molar-refractivity contribution is 9.10. The summed E-state index contributed by atoms with van der Waals surface area (Å²) in [5, 5.41) is 18.5. The number of hydrogen-bond acceptors (Lipinski definition) is 4. The van der Waals surface area contributed by atoms with E-state index in [0.29, 0.717) is 15.6 Å². The standard InChI is InChI=1S/C11H10BrNO3/c1-16-11(15)5-10(14)8-4-7(6-13)2-3-9(8)12/h2-4,10,14H,5H2,1H3/t10-/m0/s1. The van der Waals surface area contributed by atoms with Gasteiger partial charge in [0.1, 0.15) is 0 Å². The van der Waals surface area contributed by atoms with Crippen LogP contribution in [-0.4, -0.2) is 18.2 Å². The van der Waals surface area contributed by atoms with Gasteiger partial charge in [0.15, 0.2) is 0 Å². The fourth-order valence-electron chi connectivity index (χ4n) is 1.22. The summed E-state index contributed by atoms with van der Waals surface area (Å²) in [5.74, 6) is -0.498. The third-order valence-electron chi connectivity index (χ3n) is 2.07. The molecule has 0 aliphatic rings. The first-order chi connectivity index (χ1) is 7.58. The molecule has 84 valence electrons. The Hall–Kier alpha value is -1.38. The molecule has 0 amide bonds. The molecule has 0 saturated carbocycles. The Morgan fingerprint density at radius 1 is 1.69 bits per heavy atom. The summed E-state index contributed by atoms with van der Waals surface area (Å²) in [6, 6.07) is 6.79. The molecular weight excluding hydrogens is 274 g/mol. The zero-order valence-corrected chi connectivity index (χ0v) is 10.2. The van der Waals surface area contributed by atoms with E-state index in [1.54, 1.807) is 12.1 Å². The quantitative estimate of drug-likeness (QED) is 0.861. The lowest BCUT2D eigenvalue weighted by atomic mass is 10.0. The Balaban J connectivity index is 2.94. The van der Waals surface area contributed by atoms with E-state index in [2.05, 4.69) is 20.7 Å². The van der Waals surface area contributed by atoms with Crippen LogP contribution in [0.3, 0.4) is 0 Å². The lowest BCUT2D eigenvalue weighted by molar-refractivity contribution is -0.142. The number of carbonyl (C=O) groups is 1. The first-order valence-corrected chi connectivity index (χ1v) is 5.32. The van der Waals surface area contributed by atoms with Gasteiger partial charge in [-0.25, -0.2) is 0 Å². The highest BCUT2D eigenvalue weighted by atomic mass is 79.9. The number of carbonyl (C=O) groups excluding carboxylic acids is 1. The summed E-state index contributed by atoms with van der Waals surface area (Å²) in [7, 11) is 1.26. The summed E-state index contributed by atoms with van der Waals surface area (Å²) in [6.45, 7) is 0. The fourth-order valence-corrected chi connectivity index (χ4v) is 1.73. The summed E-state index contributed by atoms with van der Waals surface area (Å²) < 4.78 is 5.12. The van der Waals surface area contributed by atoms with E-state index in [1.807, 2.05) is 6.07 Å². The minimum Gasteiger partial charge on any atom is -0.469 e. The van der Waals surface area contributed by atoms with Crippen LogP contribution in [0.4, 0.5) is 0 Å². The zero-order chi connectivity index (χ0) is 12.1. The number of methoxy groups -OCH3 is 1. The van der Waals surface area contributed by atoms with Gasteiger partial charge in [0, 0.05) is 4.47 Å². The van der Waals surface area contributed by atoms with Crippen molar-refractivity contribution < 1.29 is 14.6 Å². The van der Waals surface area contributed by atoms with Crippen LogP contribution in [0.15, 0.2) is 22.7 Å². The van der Waals surface area contributed by atoms with E-state index in [0.717, 1.165) is 0 Å². The van der Waals surface area contributed by atoms with Crippen LogP contribution in [0.2, 0.25) is 0 Å². The van der Waals surface area contributed by atoms with Crippen molar-refractivity contribution in [2.24, 2.45) is 0 Å². The number of nitriles is 1. The molecule has 0 heterocycles. The van der Waals surface area contributed by atoms with Crippen LogP contribution in [0.5, 0.6) is 0 Å². The van der Waals surface area contributed by atoms with Crippen LogP contribution in [-0.2, 0) is 9.53 Å². The zero-order valence-electron chi connectivity index (χ0n) is 8.61. The average Bonchev–Trinajstić information content (AvgIpc) is 2.29. The number of esters is 1. The van der Waals surface area contributed by atoms with Gasteiger partial charge in [-0.05, 0) is 23.8 Å². The third-order valence-corrected chi connectivity index (χ3v) is 2.79. The van der Waals surface area contributed by atoms with Crippen LogP contribution in [0, 0.1) is 11.3 Å². The maximum atomic E-state index is 11.0. The molecule has 1 N–H and O–H groups in total. The Bertz CT molecular complexity index is 439. The molecule has 0 saturated heterocycles. The average molecular weight is 284 g/mol. The number of aliphatic hydroxyl groups is 1. The van der Waals surface area contributed by atoms with Crippen molar-refractivity contribution in [3.05, 3.63) is 33.8 Å². The van der Waals surface area contributed by atoms with E-state index in [4.69, 9.17) is 5.26 Å². The van der Waals surface area contributed by atoms with Crippen LogP contribution >= 0.6 is 15.9 Å². The number of rotatable bonds is 3. The molecule has 16 heavy (non-hydrogen) atoms. The predicted octanol–water partition coefficient (Wildman–Crippen LogP) is 1.92. The van der Waals surface area contributed by atoms with Crippen molar-refractivity contribution in [1.82, 2.24) is 0 Å². The van der Waals surface area contributed by atoms with Gasteiger partial charge in [-0.15, -0.1) is 0 Å². The lowest BCUT2D eigenvalue weighted by Crippen LogP contribution is -2.08. The molecule has 0 spiro atoms. The Kier molecular flexibility index (Phi) is 4.47. The normalized spacial score (nSPS) is 11.6. The number of benzene rings is 1. The van der Waals surface area contributed by atoms with Crippen molar-refractivity contribution in [3.8, 4) is 6.07 Å². The number of hydrogen-bond donors (Lipinski definition) is 1. The maximum Gasteiger partial charge on any atom is 0.308 e. The molecule has 5 heteroatoms. The van der Waals surface area contributed by atoms with Gasteiger partial charge in [0.25, 0.3) is 0 Å². The molecule has 0 aliphatic carbocycles. The van der Waals surface area contributed by atoms with Gasteiger partial charge in [-0.3, -0.25) is 4.79 Å². The van der Waals surface area contributed by atoms with Crippen molar-refractivity contribution in [2.45, 2.75) is 12.5 Å². The first kappa shape index (κ1) is 12.7. The van der Waals surface area contributed by atoms with Crippen LogP contribution in [0.1, 0.15) is 23.7 Å². The second kappa shape index (κ2) is 5.64. The SMILES string of the molecule is COC(=O)C[C@H](O)c1cc(C#N)ccc1Br. The Morgan fingerprint density at radius 2 is 2.38 bits per heavy atom. The molecule has 0 radical (unpaired) electrons. The van der Waals surface area contributed by atoms with Gasteiger partial charge in [-0.1, -0.05) is 15.9 Å². The summed E-state index contributed by atoms with van der Waals surface area (Å²) in [6.07, 6.45) is -1.11. The molecule has 1 rings (SSSR count). The highest BCUT2D eigenvalue weighted by Crippen LogP contribution is 2.26. The second-order valence-electron chi connectivity index (χ2n) is 3.14. The van der Waals surface area contributed by atoms with Crippen molar-refractivity contribution in [1.29, 1.82) is 5.26 Å². The third kappa shape index (κ3) is 3.05. The Labute approximate surface area is 102 Å². The minimum absolute atomic E-state index is 0.135. The van der Waals surface area contributed by atoms with Crippen LogP contribution in [0.25, 0.3) is 0 Å². The fraction of sp³-hybridized carbons (Fsp3) is 0.273. The molecule has 1 aromatic carbocycles. The molecule has 1 atom stereocenters. The summed E-state index contributed by atoms with van der Waals surface area (Å²) >= 11 is 3.25. The molecule has 0 aromatic heterocycles. The van der Waals surface area contributed by atoms with E-state index < -0.39 is 12.1 Å². The van der Waals surface area contributed by atoms with Gasteiger partial charge < -0.3 is 9.84 Å². The number of ether oxygens (including phenoxy) is 1. The van der Waals surface area contributed by atoms with E-state index in [1.165, 1.54) is 13.2 Å². The smallest absolute Gasteiger partial charge is 0.308 e. The Morgan fingerprint density at radius 3 is 2.94 bits per heavy atom. The molecule has 4 nitrogen and oxygen atoms in total. The van der Waals surface area contributed by atoms with Gasteiger partial charge in [-0.2, -0.15) is 5.26 Å². The molecular formula is C11H10BrNO3. The number of nitrogens with zero attached hydrogens (tertiary/aromatic N) is 1. The minimum atomic E-state index is -0.977. The summed E-state index contributed by atoms with van der Waals surface area (Å²) in [5.41, 5.74) is 0.937. The van der Waals surface area contributed by atoms with E-state index in [-0.39, 0.29) is 6.42 Å². The largest absolute Gasteiger partial charge is 0.469 e. The molecule has 0 fully saturated rings. The molecule has 0 unspecified atom stereocenters. The van der Waals surface area contributed by atoms with Crippen molar-refractivity contribution in [3.63, 3.8) is 0 Å². The molecule has 0 aliphatic heterocycles. The van der Waals surface area contributed by atoms with Crippen molar-refractivity contribution >= 4 is 21.9 Å². The van der Waals surface area contributed by atoms with E-state index >= 15 is 0 Å². The number of aliphatic hydroxyl groups excluding tert-OH is 1. The van der Waals surface area contributed by atoms with Crippen LogP contribution < -0.4 is 0 Å². The van der Waals surface area contributed by atoms with E-state index in [9.17, 15) is 9.90 Å². The maximum absolute atomic E-state index is 11.0. The van der Waals surface area contributed by atoms with Gasteiger partial charge in [0.05, 0.1) is 31.3 Å².